The van der Waals surface area contributed by atoms with Gasteiger partial charge in [-0.25, -0.2) is 14.8 Å². The van der Waals surface area contributed by atoms with Crippen molar-refractivity contribution in [3.63, 3.8) is 0 Å². The normalized spacial score (nSPS) is 13.0. The fourth-order valence-electron chi connectivity index (χ4n) is 3.51. The number of nitrogens with one attached hydrogen (secondary N) is 1. The van der Waals surface area contributed by atoms with E-state index in [1.54, 1.807) is 17.3 Å². The topological polar surface area (TPSA) is 126 Å². The highest BCUT2D eigenvalue weighted by Crippen LogP contribution is 2.31. The molecule has 2 N–H and O–H groups in total. The highest BCUT2D eigenvalue weighted by Gasteiger charge is 2.32. The zero-order valence-corrected chi connectivity index (χ0v) is 17.7. The zero-order valence-electron chi connectivity index (χ0n) is 16.9. The van der Waals surface area contributed by atoms with Gasteiger partial charge in [0.05, 0.1) is 6.54 Å². The van der Waals surface area contributed by atoms with Crippen molar-refractivity contribution in [1.82, 2.24) is 30.0 Å². The first-order chi connectivity index (χ1) is 14.8. The Kier molecular flexibility index (Phi) is 5.55. The predicted molar refractivity (Wildman–Crippen MR) is 113 cm³/mol. The Morgan fingerprint density at radius 3 is 2.87 bits per heavy atom. The fourth-order valence-corrected chi connectivity index (χ4v) is 3.73. The van der Waals surface area contributed by atoms with E-state index in [4.69, 9.17) is 16.7 Å². The lowest BCUT2D eigenvalue weighted by molar-refractivity contribution is 0.0995. The van der Waals surface area contributed by atoms with Gasteiger partial charge in [-0.15, -0.1) is 10.2 Å². The Bertz CT molecular complexity index is 1160. The van der Waals surface area contributed by atoms with Crippen LogP contribution in [0.5, 0.6) is 0 Å². The number of carbonyl (C=O) groups excluding carboxylic acids is 1. The van der Waals surface area contributed by atoms with E-state index in [0.29, 0.717) is 35.0 Å². The van der Waals surface area contributed by atoms with E-state index in [2.05, 4.69) is 25.5 Å². The molecule has 1 aliphatic heterocycles. The van der Waals surface area contributed by atoms with Crippen molar-refractivity contribution in [2.45, 2.75) is 32.9 Å². The molecule has 1 aliphatic rings. The molecular weight excluding hydrogens is 422 g/mol. The van der Waals surface area contributed by atoms with E-state index in [1.807, 2.05) is 30.5 Å². The van der Waals surface area contributed by atoms with Gasteiger partial charge < -0.3 is 15.0 Å². The van der Waals surface area contributed by atoms with Crippen molar-refractivity contribution in [1.29, 1.82) is 0 Å². The molecule has 0 fully saturated rings. The maximum atomic E-state index is 13.1. The Morgan fingerprint density at radius 1 is 1.32 bits per heavy atom. The predicted octanol–water partition coefficient (Wildman–Crippen LogP) is 2.94. The number of nitrogens with zero attached hydrogens (tertiary/aromatic N) is 6. The third-order valence-corrected chi connectivity index (χ3v) is 5.17. The highest BCUT2D eigenvalue weighted by molar-refractivity contribution is 6.30. The van der Waals surface area contributed by atoms with E-state index in [1.165, 1.54) is 6.07 Å². The first-order valence-corrected chi connectivity index (χ1v) is 10.1. The largest absolute Gasteiger partial charge is 0.465 e. The van der Waals surface area contributed by atoms with Crippen LogP contribution < -0.4 is 10.2 Å². The van der Waals surface area contributed by atoms with Gasteiger partial charge in [-0.1, -0.05) is 17.7 Å². The molecule has 160 valence electrons. The summed E-state index contributed by atoms with van der Waals surface area (Å²) in [5, 5.41) is 19.4. The quantitative estimate of drug-likeness (QED) is 0.563. The summed E-state index contributed by atoms with van der Waals surface area (Å²) in [5.41, 5.74) is 2.36. The minimum absolute atomic E-state index is 0.156. The van der Waals surface area contributed by atoms with E-state index in [0.717, 1.165) is 5.56 Å². The molecule has 31 heavy (non-hydrogen) atoms. The second-order valence-corrected chi connectivity index (χ2v) is 7.71. The summed E-state index contributed by atoms with van der Waals surface area (Å²) >= 11 is 6.12. The number of anilines is 1. The summed E-state index contributed by atoms with van der Waals surface area (Å²) in [7, 11) is 0. The third-order valence-electron chi connectivity index (χ3n) is 4.98. The lowest BCUT2D eigenvalue weighted by atomic mass is 10.1. The van der Waals surface area contributed by atoms with Gasteiger partial charge >= 0.3 is 6.09 Å². The van der Waals surface area contributed by atoms with Crippen molar-refractivity contribution >= 4 is 29.4 Å². The number of pyridine rings is 2. The van der Waals surface area contributed by atoms with Crippen LogP contribution in [0.4, 0.5) is 10.6 Å². The van der Waals surface area contributed by atoms with E-state index < -0.39 is 6.09 Å². The second-order valence-electron chi connectivity index (χ2n) is 7.33. The summed E-state index contributed by atoms with van der Waals surface area (Å²) in [6.07, 6.45) is 0.851. The molecule has 0 spiro atoms. The molecule has 0 aromatic carbocycles. The summed E-state index contributed by atoms with van der Waals surface area (Å²) < 4.78 is 1.91. The fraction of sp³-hybridized carbons (Fsp3) is 0.300. The lowest BCUT2D eigenvalue weighted by Crippen LogP contribution is -2.24. The Labute approximate surface area is 182 Å². The van der Waals surface area contributed by atoms with Gasteiger partial charge in [-0.05, 0) is 32.0 Å². The standard InChI is InChI=1S/C20H20ClN7O3/c1-11(2)28-10-23-26-18(28)15-4-3-5-17(25-15)27-9-13-12(19(27)29)8-16(21)24-14(13)6-7-22-20(30)31/h3-5,8,10-11,22H,6-7,9H2,1-2H3,(H,30,31). The smallest absolute Gasteiger partial charge is 0.404 e. The number of hydrogen-bond acceptors (Lipinski definition) is 6. The van der Waals surface area contributed by atoms with Crippen LogP contribution >= 0.6 is 11.6 Å². The number of carboxylic acid groups (broad SMARTS) is 1. The van der Waals surface area contributed by atoms with Gasteiger partial charge in [0.15, 0.2) is 5.82 Å². The van der Waals surface area contributed by atoms with Gasteiger partial charge in [0, 0.05) is 35.8 Å². The monoisotopic (exact) mass is 441 g/mol. The maximum absolute atomic E-state index is 13.1. The first-order valence-electron chi connectivity index (χ1n) is 9.69. The molecule has 10 nitrogen and oxygen atoms in total. The maximum Gasteiger partial charge on any atom is 0.404 e. The number of hydrogen-bond donors (Lipinski definition) is 2. The number of rotatable bonds is 6. The Balaban J connectivity index is 1.65. The molecule has 0 saturated heterocycles. The van der Waals surface area contributed by atoms with Crippen LogP contribution in [0, 0.1) is 0 Å². The minimum Gasteiger partial charge on any atom is -0.465 e. The summed E-state index contributed by atoms with van der Waals surface area (Å²) in [5.74, 6) is 0.857. The average Bonchev–Trinajstić information content (AvgIpc) is 3.34. The molecule has 0 radical (unpaired) electrons. The van der Waals surface area contributed by atoms with Gasteiger partial charge in [0.25, 0.3) is 5.91 Å². The Morgan fingerprint density at radius 2 is 2.13 bits per heavy atom. The zero-order chi connectivity index (χ0) is 22.1. The molecule has 11 heteroatoms. The third kappa shape index (κ3) is 4.06. The molecule has 3 aromatic rings. The van der Waals surface area contributed by atoms with E-state index in [9.17, 15) is 9.59 Å². The highest BCUT2D eigenvalue weighted by atomic mass is 35.5. The number of halogens is 1. The van der Waals surface area contributed by atoms with Crippen molar-refractivity contribution in [3.05, 3.63) is 52.6 Å². The molecule has 3 aromatic heterocycles. The number of fused-ring (bicyclic) bond motifs is 1. The molecule has 4 heterocycles. The van der Waals surface area contributed by atoms with Gasteiger partial charge in [0.2, 0.25) is 0 Å². The number of aromatic nitrogens is 5. The molecule has 0 bridgehead atoms. The minimum atomic E-state index is -1.12. The second kappa shape index (κ2) is 8.31. The summed E-state index contributed by atoms with van der Waals surface area (Å²) in [4.78, 5) is 34.4. The number of carbonyl (C=O) groups is 2. The summed E-state index contributed by atoms with van der Waals surface area (Å²) in [6, 6.07) is 7.08. The van der Waals surface area contributed by atoms with Crippen LogP contribution in [0.25, 0.3) is 11.5 Å². The lowest BCUT2D eigenvalue weighted by Gasteiger charge is -2.16. The van der Waals surface area contributed by atoms with Gasteiger partial charge in [-0.2, -0.15) is 0 Å². The van der Waals surface area contributed by atoms with Crippen molar-refractivity contribution in [2.24, 2.45) is 0 Å². The number of amides is 2. The molecular formula is C20H20ClN7O3. The van der Waals surface area contributed by atoms with E-state index >= 15 is 0 Å². The van der Waals surface area contributed by atoms with Crippen LogP contribution in [0.2, 0.25) is 5.15 Å². The molecule has 2 amide bonds. The molecule has 4 rings (SSSR count). The van der Waals surface area contributed by atoms with Crippen LogP contribution in [-0.4, -0.2) is 48.4 Å². The van der Waals surface area contributed by atoms with Gasteiger partial charge in [-0.3, -0.25) is 9.69 Å². The average molecular weight is 442 g/mol. The van der Waals surface area contributed by atoms with Gasteiger partial charge in [0.1, 0.15) is 23.0 Å². The SMILES string of the molecule is CC(C)n1cnnc1-c1cccc(N2Cc3c(cc(Cl)nc3CCNC(=O)O)C2=O)n1. The first kappa shape index (κ1) is 20.7. The van der Waals surface area contributed by atoms with E-state index in [-0.39, 0.29) is 30.2 Å². The van der Waals surface area contributed by atoms with Crippen LogP contribution in [0.15, 0.2) is 30.6 Å². The van der Waals surface area contributed by atoms with Crippen molar-refractivity contribution in [2.75, 3.05) is 11.4 Å². The molecule has 0 saturated carbocycles. The molecule has 0 aliphatic carbocycles. The van der Waals surface area contributed by atoms with Crippen LogP contribution in [-0.2, 0) is 13.0 Å². The molecule has 0 unspecified atom stereocenters. The van der Waals surface area contributed by atoms with Crippen LogP contribution in [0.3, 0.4) is 0 Å². The molecule has 0 atom stereocenters. The Hall–Kier alpha value is -3.53. The summed E-state index contributed by atoms with van der Waals surface area (Å²) in [6.45, 7) is 4.49. The van der Waals surface area contributed by atoms with Crippen LogP contribution in [0.1, 0.15) is 41.5 Å². The van der Waals surface area contributed by atoms with Crippen molar-refractivity contribution < 1.29 is 14.7 Å². The van der Waals surface area contributed by atoms with Crippen molar-refractivity contribution in [3.8, 4) is 11.5 Å².